The van der Waals surface area contributed by atoms with Crippen LogP contribution in [0.1, 0.15) is 0 Å². The van der Waals surface area contributed by atoms with Crippen molar-refractivity contribution in [2.24, 2.45) is 5.73 Å². The second-order valence-electron chi connectivity index (χ2n) is 2.88. The summed E-state index contributed by atoms with van der Waals surface area (Å²) in [4.78, 5) is 27.0. The van der Waals surface area contributed by atoms with Crippen molar-refractivity contribution in [2.75, 3.05) is 12.4 Å². The smallest absolute Gasteiger partial charge is 0.253 e. The summed E-state index contributed by atoms with van der Waals surface area (Å²) < 4.78 is 0. The van der Waals surface area contributed by atoms with E-state index in [1.54, 1.807) is 0 Å². The highest BCUT2D eigenvalue weighted by atomic mass is 32.2. The average molecular weight is 240 g/mol. The molecule has 0 saturated carbocycles. The van der Waals surface area contributed by atoms with Gasteiger partial charge in [-0.2, -0.15) is 0 Å². The van der Waals surface area contributed by atoms with Crippen molar-refractivity contribution in [1.29, 1.82) is 0 Å². The zero-order chi connectivity index (χ0) is 11.8. The molecule has 86 valence electrons. The average Bonchev–Trinajstić information content (AvgIpc) is 2.27. The standard InChI is InChI=1S/C10H12N2O3S/c11-9(13)6-15-12-10(14)7-16-8-4-2-1-3-5-8/h1-5H,6-7H2,(H2,11,13)(H,12,14). The molecule has 3 N–H and O–H groups in total. The van der Waals surface area contributed by atoms with Gasteiger partial charge in [0.15, 0.2) is 6.61 Å². The van der Waals surface area contributed by atoms with Crippen LogP contribution in [-0.4, -0.2) is 24.2 Å². The van der Waals surface area contributed by atoms with Gasteiger partial charge in [-0.1, -0.05) is 18.2 Å². The summed E-state index contributed by atoms with van der Waals surface area (Å²) in [6.45, 7) is -0.318. The lowest BCUT2D eigenvalue weighted by atomic mass is 10.4. The highest BCUT2D eigenvalue weighted by Gasteiger charge is 2.03. The number of rotatable bonds is 6. The topological polar surface area (TPSA) is 81.4 Å². The number of thioether (sulfide) groups is 1. The number of primary amides is 1. The van der Waals surface area contributed by atoms with Crippen molar-refractivity contribution in [2.45, 2.75) is 4.90 Å². The van der Waals surface area contributed by atoms with Gasteiger partial charge in [0, 0.05) is 4.90 Å². The number of carbonyl (C=O) groups excluding carboxylic acids is 2. The van der Waals surface area contributed by atoms with Crippen molar-refractivity contribution in [1.82, 2.24) is 5.48 Å². The molecule has 6 heteroatoms. The molecule has 0 atom stereocenters. The third-order valence-corrected chi connectivity index (χ3v) is 2.53. The fourth-order valence-electron chi connectivity index (χ4n) is 0.883. The molecule has 0 spiro atoms. The van der Waals surface area contributed by atoms with Gasteiger partial charge in [0.05, 0.1) is 5.75 Å². The fraction of sp³-hybridized carbons (Fsp3) is 0.200. The highest BCUT2D eigenvalue weighted by molar-refractivity contribution is 8.00. The lowest BCUT2D eigenvalue weighted by Crippen LogP contribution is -2.30. The number of nitrogens with one attached hydrogen (secondary N) is 1. The molecule has 1 aromatic rings. The number of benzene rings is 1. The van der Waals surface area contributed by atoms with E-state index in [1.807, 2.05) is 30.3 Å². The van der Waals surface area contributed by atoms with Crippen LogP contribution in [0.15, 0.2) is 35.2 Å². The summed E-state index contributed by atoms with van der Waals surface area (Å²) >= 11 is 1.38. The van der Waals surface area contributed by atoms with Gasteiger partial charge in [-0.25, -0.2) is 5.48 Å². The Balaban J connectivity index is 2.18. The van der Waals surface area contributed by atoms with Gasteiger partial charge < -0.3 is 5.73 Å². The third kappa shape index (κ3) is 5.38. The van der Waals surface area contributed by atoms with Crippen molar-refractivity contribution in [3.63, 3.8) is 0 Å². The maximum Gasteiger partial charge on any atom is 0.253 e. The van der Waals surface area contributed by atoms with Crippen LogP contribution in [0.4, 0.5) is 0 Å². The van der Waals surface area contributed by atoms with Gasteiger partial charge >= 0.3 is 0 Å². The Morgan fingerprint density at radius 1 is 1.31 bits per heavy atom. The number of nitrogens with two attached hydrogens (primary N) is 1. The lowest BCUT2D eigenvalue weighted by molar-refractivity contribution is -0.135. The predicted molar refractivity (Wildman–Crippen MR) is 60.5 cm³/mol. The van der Waals surface area contributed by atoms with Crippen LogP contribution in [0.3, 0.4) is 0 Å². The van der Waals surface area contributed by atoms with E-state index in [0.29, 0.717) is 0 Å². The Kier molecular flexibility index (Phi) is 5.38. The molecule has 2 amide bonds. The van der Waals surface area contributed by atoms with E-state index < -0.39 is 5.91 Å². The quantitative estimate of drug-likeness (QED) is 0.554. The van der Waals surface area contributed by atoms with Gasteiger partial charge in [0.2, 0.25) is 5.91 Å². The molecular weight excluding hydrogens is 228 g/mol. The van der Waals surface area contributed by atoms with E-state index in [9.17, 15) is 9.59 Å². The summed E-state index contributed by atoms with van der Waals surface area (Å²) in [6.07, 6.45) is 0. The van der Waals surface area contributed by atoms with Gasteiger partial charge in [0.1, 0.15) is 0 Å². The number of hydrogen-bond donors (Lipinski definition) is 2. The summed E-state index contributed by atoms with van der Waals surface area (Å²) in [5.74, 6) is -0.714. The monoisotopic (exact) mass is 240 g/mol. The van der Waals surface area contributed by atoms with Crippen LogP contribution in [-0.2, 0) is 14.4 Å². The summed E-state index contributed by atoms with van der Waals surface area (Å²) in [5, 5.41) is 0. The van der Waals surface area contributed by atoms with E-state index in [4.69, 9.17) is 5.73 Å². The first-order valence-corrected chi connectivity index (χ1v) is 5.54. The van der Waals surface area contributed by atoms with Gasteiger partial charge in [-0.3, -0.25) is 14.4 Å². The zero-order valence-corrected chi connectivity index (χ0v) is 9.33. The van der Waals surface area contributed by atoms with Crippen LogP contribution in [0, 0.1) is 0 Å². The van der Waals surface area contributed by atoms with Crippen molar-refractivity contribution in [3.05, 3.63) is 30.3 Å². The minimum atomic E-state index is -0.629. The lowest BCUT2D eigenvalue weighted by Gasteiger charge is -2.03. The maximum atomic E-state index is 11.2. The Bertz CT molecular complexity index is 356. The summed E-state index contributed by atoms with van der Waals surface area (Å²) in [5.41, 5.74) is 6.95. The van der Waals surface area contributed by atoms with E-state index in [0.717, 1.165) is 4.90 Å². The molecule has 1 aromatic carbocycles. The molecule has 0 bridgehead atoms. The molecule has 0 saturated heterocycles. The van der Waals surface area contributed by atoms with Gasteiger partial charge in [-0.15, -0.1) is 11.8 Å². The predicted octanol–water partition coefficient (Wildman–Crippen LogP) is 0.312. The molecule has 0 heterocycles. The molecular formula is C10H12N2O3S. The van der Waals surface area contributed by atoms with E-state index in [1.165, 1.54) is 11.8 Å². The Hall–Kier alpha value is -1.53. The largest absolute Gasteiger partial charge is 0.368 e. The molecule has 0 aromatic heterocycles. The van der Waals surface area contributed by atoms with Gasteiger partial charge in [0.25, 0.3) is 5.91 Å². The number of amides is 2. The Morgan fingerprint density at radius 2 is 2.00 bits per heavy atom. The normalized spacial score (nSPS) is 9.75. The molecule has 0 aliphatic heterocycles. The molecule has 0 radical (unpaired) electrons. The second kappa shape index (κ2) is 6.86. The van der Waals surface area contributed by atoms with Gasteiger partial charge in [-0.05, 0) is 12.1 Å². The molecule has 0 aliphatic rings. The molecule has 0 unspecified atom stereocenters. The number of hydrogen-bond acceptors (Lipinski definition) is 4. The molecule has 0 aliphatic carbocycles. The fourth-order valence-corrected chi connectivity index (χ4v) is 1.59. The molecule has 1 rings (SSSR count). The van der Waals surface area contributed by atoms with Crippen LogP contribution in [0.2, 0.25) is 0 Å². The second-order valence-corrected chi connectivity index (χ2v) is 3.93. The van der Waals surface area contributed by atoms with E-state index in [2.05, 4.69) is 10.3 Å². The number of carbonyl (C=O) groups is 2. The highest BCUT2D eigenvalue weighted by Crippen LogP contribution is 2.15. The molecule has 5 nitrogen and oxygen atoms in total. The minimum absolute atomic E-state index is 0.225. The van der Waals surface area contributed by atoms with Crippen molar-refractivity contribution >= 4 is 23.6 Å². The van der Waals surface area contributed by atoms with Crippen LogP contribution < -0.4 is 11.2 Å². The first-order chi connectivity index (χ1) is 7.68. The van der Waals surface area contributed by atoms with Crippen LogP contribution in [0.25, 0.3) is 0 Å². The first-order valence-electron chi connectivity index (χ1n) is 4.55. The number of hydroxylamine groups is 1. The van der Waals surface area contributed by atoms with Crippen LogP contribution >= 0.6 is 11.8 Å². The van der Waals surface area contributed by atoms with E-state index in [-0.39, 0.29) is 18.3 Å². The Morgan fingerprint density at radius 3 is 2.62 bits per heavy atom. The summed E-state index contributed by atoms with van der Waals surface area (Å²) in [7, 11) is 0. The van der Waals surface area contributed by atoms with Crippen LogP contribution in [0.5, 0.6) is 0 Å². The third-order valence-electron chi connectivity index (χ3n) is 1.51. The molecule has 16 heavy (non-hydrogen) atoms. The summed E-state index contributed by atoms with van der Waals surface area (Å²) in [6, 6.07) is 9.50. The Labute approximate surface area is 97.3 Å². The van der Waals surface area contributed by atoms with Crippen molar-refractivity contribution < 1.29 is 14.4 Å². The minimum Gasteiger partial charge on any atom is -0.368 e. The first kappa shape index (κ1) is 12.5. The molecule has 0 fully saturated rings. The van der Waals surface area contributed by atoms with E-state index >= 15 is 0 Å². The van der Waals surface area contributed by atoms with Crippen molar-refractivity contribution in [3.8, 4) is 0 Å². The SMILES string of the molecule is NC(=O)CONC(=O)CSc1ccccc1. The maximum absolute atomic E-state index is 11.2. The zero-order valence-electron chi connectivity index (χ0n) is 8.51.